The highest BCUT2D eigenvalue weighted by atomic mass is 79.9. The predicted octanol–water partition coefficient (Wildman–Crippen LogP) is 4.30. The molecule has 2 nitrogen and oxygen atoms in total. The SMILES string of the molecule is OC(CSc1cccc(Br)c1)Cc1ccc(Br)cn1. The van der Waals surface area contributed by atoms with Crippen LogP contribution in [0.15, 0.2) is 56.4 Å². The van der Waals surface area contributed by atoms with Gasteiger partial charge in [0, 0.05) is 37.9 Å². The van der Waals surface area contributed by atoms with Crippen molar-refractivity contribution in [2.45, 2.75) is 17.4 Å². The van der Waals surface area contributed by atoms with Crippen LogP contribution in [0.1, 0.15) is 5.69 Å². The van der Waals surface area contributed by atoms with E-state index in [2.05, 4.69) is 42.9 Å². The Bertz CT molecular complexity index is 533. The van der Waals surface area contributed by atoms with Crippen LogP contribution in [0.3, 0.4) is 0 Å². The summed E-state index contributed by atoms with van der Waals surface area (Å²) in [6.45, 7) is 0. The Kier molecular flexibility index (Phi) is 5.88. The Morgan fingerprint density at radius 1 is 1.16 bits per heavy atom. The van der Waals surface area contributed by atoms with Gasteiger partial charge >= 0.3 is 0 Å². The molecule has 0 aliphatic rings. The van der Waals surface area contributed by atoms with Gasteiger partial charge in [0.2, 0.25) is 0 Å². The number of aliphatic hydroxyl groups is 1. The number of aliphatic hydroxyl groups excluding tert-OH is 1. The molecule has 0 radical (unpaired) electrons. The number of aromatic nitrogens is 1. The van der Waals surface area contributed by atoms with Crippen molar-refractivity contribution < 1.29 is 5.11 Å². The molecule has 19 heavy (non-hydrogen) atoms. The standard InChI is InChI=1S/C14H13Br2NOS/c15-10-2-1-3-14(6-10)19-9-13(18)7-12-5-4-11(16)8-17-12/h1-6,8,13,18H,7,9H2. The van der Waals surface area contributed by atoms with Crippen LogP contribution < -0.4 is 0 Å². The minimum atomic E-state index is -0.391. The van der Waals surface area contributed by atoms with Crippen molar-refractivity contribution in [2.24, 2.45) is 0 Å². The van der Waals surface area contributed by atoms with Crippen LogP contribution in [0.2, 0.25) is 0 Å². The van der Waals surface area contributed by atoms with Gasteiger partial charge in [-0.2, -0.15) is 0 Å². The van der Waals surface area contributed by atoms with Gasteiger partial charge in [-0.1, -0.05) is 22.0 Å². The molecular weight excluding hydrogens is 390 g/mol. The minimum Gasteiger partial charge on any atom is -0.392 e. The third kappa shape index (κ3) is 5.26. The second-order valence-electron chi connectivity index (χ2n) is 4.09. The van der Waals surface area contributed by atoms with Crippen molar-refractivity contribution in [2.75, 3.05) is 5.75 Å². The topological polar surface area (TPSA) is 33.1 Å². The van der Waals surface area contributed by atoms with E-state index < -0.39 is 6.10 Å². The third-order valence-corrected chi connectivity index (χ3v) is 4.57. The number of halogens is 2. The molecule has 0 saturated heterocycles. The number of rotatable bonds is 5. The Labute approximate surface area is 133 Å². The molecule has 0 aliphatic heterocycles. The number of thioether (sulfide) groups is 1. The summed E-state index contributed by atoms with van der Waals surface area (Å²) in [5.74, 6) is 0.661. The fraction of sp³-hybridized carbons (Fsp3) is 0.214. The first-order valence-electron chi connectivity index (χ1n) is 5.80. The average molecular weight is 403 g/mol. The monoisotopic (exact) mass is 401 g/mol. The van der Waals surface area contributed by atoms with Crippen molar-refractivity contribution in [3.05, 3.63) is 57.2 Å². The summed E-state index contributed by atoms with van der Waals surface area (Å²) in [6, 6.07) is 11.9. The molecule has 1 N–H and O–H groups in total. The van der Waals surface area contributed by atoms with E-state index in [1.54, 1.807) is 18.0 Å². The van der Waals surface area contributed by atoms with Crippen molar-refractivity contribution in [1.29, 1.82) is 0 Å². The molecule has 5 heteroatoms. The molecule has 2 rings (SSSR count). The molecule has 0 spiro atoms. The molecular formula is C14H13Br2NOS. The smallest absolute Gasteiger partial charge is 0.0689 e. The highest BCUT2D eigenvalue weighted by Gasteiger charge is 2.07. The fourth-order valence-corrected chi connectivity index (χ4v) is 3.25. The molecule has 0 saturated carbocycles. The molecule has 0 aliphatic carbocycles. The zero-order chi connectivity index (χ0) is 13.7. The van der Waals surface area contributed by atoms with E-state index in [1.807, 2.05) is 30.3 Å². The maximum atomic E-state index is 10.0. The molecule has 1 unspecified atom stereocenters. The summed E-state index contributed by atoms with van der Waals surface area (Å²) < 4.78 is 2.01. The van der Waals surface area contributed by atoms with Crippen LogP contribution in [0, 0.1) is 0 Å². The van der Waals surface area contributed by atoms with Gasteiger partial charge in [-0.15, -0.1) is 11.8 Å². The maximum Gasteiger partial charge on any atom is 0.0689 e. The van der Waals surface area contributed by atoms with Gasteiger partial charge in [-0.05, 0) is 46.3 Å². The molecule has 0 bridgehead atoms. The highest BCUT2D eigenvalue weighted by molar-refractivity contribution is 9.10. The van der Waals surface area contributed by atoms with Gasteiger partial charge in [0.25, 0.3) is 0 Å². The van der Waals surface area contributed by atoms with Crippen molar-refractivity contribution in [3.8, 4) is 0 Å². The van der Waals surface area contributed by atoms with Crippen LogP contribution in [0.4, 0.5) is 0 Å². The van der Waals surface area contributed by atoms with E-state index >= 15 is 0 Å². The van der Waals surface area contributed by atoms with E-state index in [0.717, 1.165) is 19.5 Å². The van der Waals surface area contributed by atoms with Crippen molar-refractivity contribution >= 4 is 43.6 Å². The summed E-state index contributed by atoms with van der Waals surface area (Å²) in [5, 5.41) is 10.0. The first-order chi connectivity index (χ1) is 9.13. The quantitative estimate of drug-likeness (QED) is 0.756. The molecule has 1 atom stereocenters. The molecule has 0 fully saturated rings. The minimum absolute atomic E-state index is 0.391. The van der Waals surface area contributed by atoms with Gasteiger partial charge in [-0.25, -0.2) is 0 Å². The second kappa shape index (κ2) is 7.43. The van der Waals surface area contributed by atoms with Crippen LogP contribution in [0.25, 0.3) is 0 Å². The lowest BCUT2D eigenvalue weighted by Crippen LogP contribution is -2.14. The predicted molar refractivity (Wildman–Crippen MR) is 86.5 cm³/mol. The second-order valence-corrected chi connectivity index (χ2v) is 7.02. The Morgan fingerprint density at radius 2 is 2.00 bits per heavy atom. The number of hydrogen-bond donors (Lipinski definition) is 1. The van der Waals surface area contributed by atoms with Gasteiger partial charge in [0.1, 0.15) is 0 Å². The summed E-state index contributed by atoms with van der Waals surface area (Å²) in [5.41, 5.74) is 0.908. The molecule has 2 aromatic rings. The zero-order valence-corrected chi connectivity index (χ0v) is 14.1. The van der Waals surface area contributed by atoms with Gasteiger partial charge in [0.05, 0.1) is 6.10 Å². The molecule has 1 aromatic carbocycles. The lowest BCUT2D eigenvalue weighted by atomic mass is 10.2. The van der Waals surface area contributed by atoms with E-state index in [-0.39, 0.29) is 0 Å². The fourth-order valence-electron chi connectivity index (χ4n) is 1.58. The first-order valence-corrected chi connectivity index (χ1v) is 8.37. The number of benzene rings is 1. The summed E-state index contributed by atoms with van der Waals surface area (Å²) >= 11 is 8.43. The van der Waals surface area contributed by atoms with Gasteiger partial charge in [0.15, 0.2) is 0 Å². The van der Waals surface area contributed by atoms with E-state index in [0.29, 0.717) is 12.2 Å². The van der Waals surface area contributed by atoms with E-state index in [9.17, 15) is 5.11 Å². The molecule has 1 heterocycles. The molecule has 100 valence electrons. The maximum absolute atomic E-state index is 10.0. The van der Waals surface area contributed by atoms with Crippen molar-refractivity contribution in [1.82, 2.24) is 4.98 Å². The van der Waals surface area contributed by atoms with Crippen LogP contribution in [-0.2, 0) is 6.42 Å². The van der Waals surface area contributed by atoms with E-state index in [1.165, 1.54) is 0 Å². The highest BCUT2D eigenvalue weighted by Crippen LogP contribution is 2.23. The number of hydrogen-bond acceptors (Lipinski definition) is 3. The van der Waals surface area contributed by atoms with Crippen LogP contribution in [-0.4, -0.2) is 21.9 Å². The summed E-state index contributed by atoms with van der Waals surface area (Å²) in [4.78, 5) is 5.41. The third-order valence-electron chi connectivity index (χ3n) is 2.47. The summed E-state index contributed by atoms with van der Waals surface area (Å²) in [6.07, 6.45) is 1.94. The van der Waals surface area contributed by atoms with Crippen molar-refractivity contribution in [3.63, 3.8) is 0 Å². The largest absolute Gasteiger partial charge is 0.392 e. The lowest BCUT2D eigenvalue weighted by molar-refractivity contribution is 0.199. The van der Waals surface area contributed by atoms with Gasteiger partial charge in [-0.3, -0.25) is 4.98 Å². The van der Waals surface area contributed by atoms with E-state index in [4.69, 9.17) is 0 Å². The first kappa shape index (κ1) is 15.0. The Balaban J connectivity index is 1.84. The lowest BCUT2D eigenvalue weighted by Gasteiger charge is -2.10. The molecule has 0 amide bonds. The Morgan fingerprint density at radius 3 is 2.68 bits per heavy atom. The number of nitrogens with zero attached hydrogens (tertiary/aromatic N) is 1. The van der Waals surface area contributed by atoms with Crippen LogP contribution >= 0.6 is 43.6 Å². The summed E-state index contributed by atoms with van der Waals surface area (Å²) in [7, 11) is 0. The molecule has 1 aromatic heterocycles. The zero-order valence-electron chi connectivity index (χ0n) is 10.1. The number of pyridine rings is 1. The van der Waals surface area contributed by atoms with Crippen LogP contribution in [0.5, 0.6) is 0 Å². The normalized spacial score (nSPS) is 12.4. The van der Waals surface area contributed by atoms with Gasteiger partial charge < -0.3 is 5.11 Å². The Hall–Kier alpha value is -0.360. The average Bonchev–Trinajstić information content (AvgIpc) is 2.39.